The van der Waals surface area contributed by atoms with Gasteiger partial charge in [-0.15, -0.1) is 5.10 Å². The van der Waals surface area contributed by atoms with Gasteiger partial charge in [0.2, 0.25) is 5.91 Å². The van der Waals surface area contributed by atoms with E-state index in [1.807, 2.05) is 31.2 Å². The molecule has 10 heteroatoms. The minimum atomic E-state index is -0.671. The van der Waals surface area contributed by atoms with Crippen molar-refractivity contribution in [2.75, 3.05) is 5.32 Å². The molecule has 0 unspecified atom stereocenters. The van der Waals surface area contributed by atoms with Crippen LogP contribution in [-0.2, 0) is 17.9 Å². The lowest BCUT2D eigenvalue weighted by atomic mass is 10.1. The summed E-state index contributed by atoms with van der Waals surface area (Å²) in [6.07, 6.45) is 1.25. The van der Waals surface area contributed by atoms with Gasteiger partial charge in [-0.05, 0) is 30.7 Å². The van der Waals surface area contributed by atoms with Crippen molar-refractivity contribution in [2.24, 2.45) is 0 Å². The average Bonchev–Trinajstić information content (AvgIpc) is 3.11. The highest BCUT2D eigenvalue weighted by Gasteiger charge is 2.15. The second-order valence-electron chi connectivity index (χ2n) is 6.75. The van der Waals surface area contributed by atoms with Gasteiger partial charge < -0.3 is 5.32 Å². The third-order valence-corrected chi connectivity index (χ3v) is 4.70. The van der Waals surface area contributed by atoms with E-state index in [1.165, 1.54) is 23.1 Å². The molecule has 0 saturated carbocycles. The molecule has 0 atom stereocenters. The molecule has 2 heterocycles. The first-order valence-corrected chi connectivity index (χ1v) is 9.37. The van der Waals surface area contributed by atoms with Gasteiger partial charge in [0.1, 0.15) is 18.7 Å². The number of hydrogen-bond acceptors (Lipinski definition) is 5. The van der Waals surface area contributed by atoms with Gasteiger partial charge in [-0.2, -0.15) is 0 Å². The standard InChI is InChI=1S/C20H16ClFN6O2/c1-12-2-4-13(5-3-12)9-28-19-18(25-26-28)20(30)27(11-23-19)10-17(29)24-16-7-6-14(21)8-15(16)22/h2-8,11H,9-10H2,1H3,(H,24,29). The molecule has 1 amide bonds. The van der Waals surface area contributed by atoms with Crippen LogP contribution < -0.4 is 10.9 Å². The smallest absolute Gasteiger partial charge is 0.283 e. The molecule has 2 aromatic carbocycles. The monoisotopic (exact) mass is 426 g/mol. The van der Waals surface area contributed by atoms with Gasteiger partial charge in [-0.1, -0.05) is 46.6 Å². The van der Waals surface area contributed by atoms with Crippen LogP contribution in [-0.4, -0.2) is 30.5 Å². The second-order valence-corrected chi connectivity index (χ2v) is 7.19. The number of fused-ring (bicyclic) bond motifs is 1. The van der Waals surface area contributed by atoms with Crippen LogP contribution in [0.25, 0.3) is 11.2 Å². The molecule has 0 bridgehead atoms. The molecule has 2 aromatic heterocycles. The highest BCUT2D eigenvalue weighted by atomic mass is 35.5. The predicted octanol–water partition coefficient (Wildman–Crippen LogP) is 2.78. The van der Waals surface area contributed by atoms with E-state index in [4.69, 9.17) is 11.6 Å². The van der Waals surface area contributed by atoms with E-state index in [9.17, 15) is 14.0 Å². The van der Waals surface area contributed by atoms with Gasteiger partial charge in [0.05, 0.1) is 12.2 Å². The largest absolute Gasteiger partial charge is 0.322 e. The first-order valence-electron chi connectivity index (χ1n) is 9.00. The van der Waals surface area contributed by atoms with Crippen LogP contribution >= 0.6 is 11.6 Å². The zero-order valence-corrected chi connectivity index (χ0v) is 16.6. The molecule has 0 fully saturated rings. The Morgan fingerprint density at radius 3 is 2.70 bits per heavy atom. The van der Waals surface area contributed by atoms with Gasteiger partial charge in [-0.3, -0.25) is 14.2 Å². The number of nitrogens with one attached hydrogen (secondary N) is 1. The molecular formula is C20H16ClFN6O2. The van der Waals surface area contributed by atoms with E-state index in [0.29, 0.717) is 12.2 Å². The quantitative estimate of drug-likeness (QED) is 0.529. The number of carbonyl (C=O) groups excluding carboxylic acids is 1. The van der Waals surface area contributed by atoms with E-state index in [2.05, 4.69) is 20.6 Å². The molecule has 4 rings (SSSR count). The van der Waals surface area contributed by atoms with Crippen molar-refractivity contribution in [2.45, 2.75) is 20.0 Å². The maximum Gasteiger partial charge on any atom is 0.283 e. The number of anilines is 1. The summed E-state index contributed by atoms with van der Waals surface area (Å²) in [5.41, 5.74) is 1.95. The summed E-state index contributed by atoms with van der Waals surface area (Å²) in [6, 6.07) is 11.8. The zero-order chi connectivity index (χ0) is 21.3. The van der Waals surface area contributed by atoms with Gasteiger partial charge >= 0.3 is 0 Å². The summed E-state index contributed by atoms with van der Waals surface area (Å²) in [6.45, 7) is 2.05. The van der Waals surface area contributed by atoms with E-state index < -0.39 is 17.3 Å². The Morgan fingerprint density at radius 1 is 1.20 bits per heavy atom. The first kappa shape index (κ1) is 19.7. The van der Waals surface area contributed by atoms with Crippen molar-refractivity contribution in [3.05, 3.63) is 81.1 Å². The maximum absolute atomic E-state index is 13.8. The first-order chi connectivity index (χ1) is 14.4. The third kappa shape index (κ3) is 4.06. The fraction of sp³-hybridized carbons (Fsp3) is 0.150. The average molecular weight is 427 g/mol. The topological polar surface area (TPSA) is 94.7 Å². The number of amides is 1. The maximum atomic E-state index is 13.8. The number of nitrogens with zero attached hydrogens (tertiary/aromatic N) is 5. The Balaban J connectivity index is 1.54. The third-order valence-electron chi connectivity index (χ3n) is 4.46. The summed E-state index contributed by atoms with van der Waals surface area (Å²) in [5, 5.41) is 10.5. The second kappa shape index (κ2) is 8.03. The molecule has 0 aliphatic rings. The van der Waals surface area contributed by atoms with Crippen LogP contribution in [0.4, 0.5) is 10.1 Å². The van der Waals surface area contributed by atoms with E-state index in [0.717, 1.165) is 21.8 Å². The Labute approximate surface area is 174 Å². The van der Waals surface area contributed by atoms with Crippen LogP contribution in [0.3, 0.4) is 0 Å². The van der Waals surface area contributed by atoms with Crippen molar-refractivity contribution >= 4 is 34.4 Å². The summed E-state index contributed by atoms with van der Waals surface area (Å²) in [7, 11) is 0. The summed E-state index contributed by atoms with van der Waals surface area (Å²) in [5.74, 6) is -1.26. The van der Waals surface area contributed by atoms with Crippen molar-refractivity contribution in [3.8, 4) is 0 Å². The lowest BCUT2D eigenvalue weighted by Crippen LogP contribution is -2.28. The van der Waals surface area contributed by atoms with Gasteiger partial charge in [-0.25, -0.2) is 14.1 Å². The van der Waals surface area contributed by atoms with E-state index in [-0.39, 0.29) is 22.8 Å². The summed E-state index contributed by atoms with van der Waals surface area (Å²) in [4.78, 5) is 29.1. The minimum absolute atomic E-state index is 0.0319. The number of benzene rings is 2. The Kier molecular flexibility index (Phi) is 5.28. The van der Waals surface area contributed by atoms with Crippen LogP contribution in [0.5, 0.6) is 0 Å². The number of carbonyl (C=O) groups is 1. The fourth-order valence-corrected chi connectivity index (χ4v) is 3.07. The highest BCUT2D eigenvalue weighted by Crippen LogP contribution is 2.18. The van der Waals surface area contributed by atoms with Crippen LogP contribution in [0.1, 0.15) is 11.1 Å². The molecule has 0 aliphatic carbocycles. The number of aromatic nitrogens is 5. The van der Waals surface area contributed by atoms with Gasteiger partial charge in [0.15, 0.2) is 11.2 Å². The van der Waals surface area contributed by atoms with E-state index in [1.54, 1.807) is 0 Å². The van der Waals surface area contributed by atoms with Crippen LogP contribution in [0.15, 0.2) is 53.6 Å². The molecule has 1 N–H and O–H groups in total. The molecule has 0 spiro atoms. The Morgan fingerprint density at radius 2 is 1.97 bits per heavy atom. The van der Waals surface area contributed by atoms with Crippen molar-refractivity contribution in [1.29, 1.82) is 0 Å². The molecule has 8 nitrogen and oxygen atoms in total. The Hall–Kier alpha value is -3.59. The molecule has 0 radical (unpaired) electrons. The molecule has 4 aromatic rings. The summed E-state index contributed by atoms with van der Waals surface area (Å²) < 4.78 is 16.5. The number of halogens is 2. The van der Waals surface area contributed by atoms with E-state index >= 15 is 0 Å². The Bertz CT molecular complexity index is 1300. The number of hydrogen-bond donors (Lipinski definition) is 1. The highest BCUT2D eigenvalue weighted by molar-refractivity contribution is 6.30. The van der Waals surface area contributed by atoms with Crippen molar-refractivity contribution in [3.63, 3.8) is 0 Å². The summed E-state index contributed by atoms with van der Waals surface area (Å²) >= 11 is 5.70. The SMILES string of the molecule is Cc1ccc(Cn2nnc3c(=O)n(CC(=O)Nc4ccc(Cl)cc4F)cnc32)cc1. The van der Waals surface area contributed by atoms with Crippen molar-refractivity contribution in [1.82, 2.24) is 24.5 Å². The number of rotatable bonds is 5. The lowest BCUT2D eigenvalue weighted by molar-refractivity contribution is -0.116. The molecule has 0 aliphatic heterocycles. The molecule has 152 valence electrons. The predicted molar refractivity (Wildman–Crippen MR) is 110 cm³/mol. The van der Waals surface area contributed by atoms with Crippen LogP contribution in [0.2, 0.25) is 5.02 Å². The van der Waals surface area contributed by atoms with Crippen molar-refractivity contribution < 1.29 is 9.18 Å². The minimum Gasteiger partial charge on any atom is -0.322 e. The van der Waals surface area contributed by atoms with Gasteiger partial charge in [0, 0.05) is 5.02 Å². The molecule has 0 saturated heterocycles. The normalized spacial score (nSPS) is 11.0. The molecular weight excluding hydrogens is 411 g/mol. The lowest BCUT2D eigenvalue weighted by Gasteiger charge is -2.08. The molecule has 30 heavy (non-hydrogen) atoms. The van der Waals surface area contributed by atoms with Crippen LogP contribution in [0, 0.1) is 12.7 Å². The van der Waals surface area contributed by atoms with Gasteiger partial charge in [0.25, 0.3) is 5.56 Å². The zero-order valence-electron chi connectivity index (χ0n) is 15.8. The fourth-order valence-electron chi connectivity index (χ4n) is 2.91. The number of aryl methyl sites for hydroxylation is 1.